The third-order valence-corrected chi connectivity index (χ3v) is 2.02. The molecule has 0 aliphatic heterocycles. The quantitative estimate of drug-likeness (QED) is 0.395. The van der Waals surface area contributed by atoms with Gasteiger partial charge in [0.25, 0.3) is 0 Å². The number of halogens is 3. The van der Waals surface area contributed by atoms with Crippen LogP contribution in [0.2, 0.25) is 0 Å². The van der Waals surface area contributed by atoms with Crippen LogP contribution in [0, 0.1) is 47.8 Å². The SMILES string of the molecule is Cc1cc(C=NC(C)C)nc(C=NC(C)C)c1.[Cl-].[Cl-].[Cl-].[Nd+3]. The second-order valence-corrected chi connectivity index (χ2v) is 4.74. The first-order chi connectivity index (χ1) is 7.97. The molecule has 0 atom stereocenters. The van der Waals surface area contributed by atoms with Gasteiger partial charge in [-0.1, -0.05) is 0 Å². The van der Waals surface area contributed by atoms with E-state index in [0.717, 1.165) is 11.4 Å². The smallest absolute Gasteiger partial charge is 1.00 e. The van der Waals surface area contributed by atoms with Gasteiger partial charge in [-0.15, -0.1) is 0 Å². The van der Waals surface area contributed by atoms with E-state index in [1.54, 1.807) is 0 Å². The normalized spacial score (nSPS) is 10.0. The molecule has 0 bridgehead atoms. The summed E-state index contributed by atoms with van der Waals surface area (Å²) in [6.07, 6.45) is 3.65. The van der Waals surface area contributed by atoms with Gasteiger partial charge < -0.3 is 37.2 Å². The zero-order valence-corrected chi connectivity index (χ0v) is 18.4. The van der Waals surface area contributed by atoms with Crippen LogP contribution in [-0.4, -0.2) is 29.5 Å². The molecule has 117 valence electrons. The molecule has 1 heterocycles. The van der Waals surface area contributed by atoms with Crippen LogP contribution in [0.15, 0.2) is 22.1 Å². The summed E-state index contributed by atoms with van der Waals surface area (Å²) in [5.74, 6) is 0. The predicted molar refractivity (Wildman–Crippen MR) is 74.4 cm³/mol. The van der Waals surface area contributed by atoms with Crippen LogP contribution in [0.5, 0.6) is 0 Å². The number of pyridine rings is 1. The number of hydrogen-bond acceptors (Lipinski definition) is 3. The zero-order chi connectivity index (χ0) is 12.8. The summed E-state index contributed by atoms with van der Waals surface area (Å²) in [6.45, 7) is 10.3. The van der Waals surface area contributed by atoms with Crippen LogP contribution in [0.1, 0.15) is 44.6 Å². The van der Waals surface area contributed by atoms with E-state index in [0.29, 0.717) is 12.1 Å². The van der Waals surface area contributed by atoms with E-state index in [2.05, 4.69) is 21.9 Å². The van der Waals surface area contributed by atoms with Crippen LogP contribution in [0.4, 0.5) is 0 Å². The van der Waals surface area contributed by atoms with Crippen LogP contribution in [0.25, 0.3) is 0 Å². The molecule has 0 aromatic carbocycles. The second kappa shape index (κ2) is 15.6. The average molecular weight is 482 g/mol. The Morgan fingerprint density at radius 2 is 1.19 bits per heavy atom. The molecule has 0 aliphatic carbocycles. The van der Waals surface area contributed by atoms with Gasteiger partial charge in [0.05, 0.1) is 11.4 Å². The summed E-state index contributed by atoms with van der Waals surface area (Å²) < 4.78 is 0. The number of nitrogens with zero attached hydrogens (tertiary/aromatic N) is 3. The summed E-state index contributed by atoms with van der Waals surface area (Å²) >= 11 is 0. The number of aryl methyl sites for hydroxylation is 1. The first-order valence-corrected chi connectivity index (χ1v) is 6.02. The van der Waals surface area contributed by atoms with Crippen molar-refractivity contribution in [1.82, 2.24) is 4.98 Å². The van der Waals surface area contributed by atoms with E-state index in [-0.39, 0.29) is 78.1 Å². The van der Waals surface area contributed by atoms with Gasteiger partial charge in [0.1, 0.15) is 0 Å². The number of aliphatic imine (C=N–C) groups is 2. The summed E-state index contributed by atoms with van der Waals surface area (Å²) in [6, 6.07) is 4.65. The molecule has 3 nitrogen and oxygen atoms in total. The fourth-order valence-electron chi connectivity index (χ4n) is 1.30. The Balaban J connectivity index is -0.000000361. The van der Waals surface area contributed by atoms with E-state index < -0.39 is 0 Å². The molecule has 0 unspecified atom stereocenters. The van der Waals surface area contributed by atoms with Crippen molar-refractivity contribution in [3.63, 3.8) is 0 Å². The van der Waals surface area contributed by atoms with Gasteiger partial charge in [0.2, 0.25) is 0 Å². The molecule has 21 heavy (non-hydrogen) atoms. The Morgan fingerprint density at radius 3 is 1.48 bits per heavy atom. The molecular weight excluding hydrogens is 461 g/mol. The van der Waals surface area contributed by atoms with Crippen molar-refractivity contribution >= 4 is 12.4 Å². The van der Waals surface area contributed by atoms with E-state index >= 15 is 0 Å². The van der Waals surface area contributed by atoms with Crippen molar-refractivity contribution in [3.8, 4) is 0 Å². The van der Waals surface area contributed by atoms with Crippen molar-refractivity contribution in [2.75, 3.05) is 0 Å². The first-order valence-electron chi connectivity index (χ1n) is 6.02. The molecule has 1 radical (unpaired) electrons. The standard InChI is InChI=1S/C14H21N3.3ClH.Nd/c1-10(2)15-8-13-6-12(5)7-14(17-13)9-16-11(3)4;;;;/h6-11H,1-5H3;3*1H;/q;;;;+3/p-3. The number of rotatable bonds is 4. The van der Waals surface area contributed by atoms with Gasteiger partial charge in [0, 0.05) is 24.5 Å². The van der Waals surface area contributed by atoms with Crippen molar-refractivity contribution in [1.29, 1.82) is 0 Å². The maximum Gasteiger partial charge on any atom is 3.00 e. The Labute approximate surface area is 179 Å². The maximum atomic E-state index is 4.48. The Morgan fingerprint density at radius 1 is 0.857 bits per heavy atom. The van der Waals surface area contributed by atoms with E-state index in [4.69, 9.17) is 0 Å². The molecule has 0 N–H and O–H groups in total. The summed E-state index contributed by atoms with van der Waals surface area (Å²) in [4.78, 5) is 13.2. The maximum absolute atomic E-state index is 4.48. The number of aromatic nitrogens is 1. The Kier molecular flexibility index (Phi) is 22.1. The number of hydrogen-bond donors (Lipinski definition) is 0. The van der Waals surface area contributed by atoms with E-state index in [1.165, 1.54) is 5.56 Å². The van der Waals surface area contributed by atoms with Crippen molar-refractivity contribution in [2.45, 2.75) is 46.7 Å². The molecule has 1 aromatic rings. The molecule has 1 aromatic heterocycles. The van der Waals surface area contributed by atoms with Crippen molar-refractivity contribution in [2.24, 2.45) is 9.98 Å². The van der Waals surface area contributed by atoms with Crippen molar-refractivity contribution < 1.29 is 78.1 Å². The summed E-state index contributed by atoms with van der Waals surface area (Å²) in [5.41, 5.74) is 2.96. The first kappa shape index (κ1) is 29.7. The largest absolute Gasteiger partial charge is 3.00 e. The minimum Gasteiger partial charge on any atom is -1.00 e. The van der Waals surface area contributed by atoms with Gasteiger partial charge in [-0.2, -0.15) is 0 Å². The van der Waals surface area contributed by atoms with Gasteiger partial charge in [0.15, 0.2) is 0 Å². The molecular formula is C14H21Cl3N3Nd. The average Bonchev–Trinajstić information content (AvgIpc) is 2.23. The molecule has 0 amide bonds. The van der Waals surface area contributed by atoms with Gasteiger partial charge in [-0.25, -0.2) is 4.98 Å². The third kappa shape index (κ3) is 14.1. The molecule has 0 spiro atoms. The minimum absolute atomic E-state index is 0. The Hall–Kier alpha value is 0.711. The summed E-state index contributed by atoms with van der Waals surface area (Å²) in [7, 11) is 0. The molecule has 1 rings (SSSR count). The molecule has 7 heteroatoms. The van der Waals surface area contributed by atoms with Gasteiger partial charge in [-0.3, -0.25) is 9.98 Å². The topological polar surface area (TPSA) is 37.6 Å². The van der Waals surface area contributed by atoms with Crippen LogP contribution in [0.3, 0.4) is 0 Å². The third-order valence-electron chi connectivity index (χ3n) is 2.02. The monoisotopic (exact) mass is 478 g/mol. The van der Waals surface area contributed by atoms with Crippen LogP contribution in [-0.2, 0) is 0 Å². The van der Waals surface area contributed by atoms with Crippen LogP contribution >= 0.6 is 0 Å². The predicted octanol–water partition coefficient (Wildman–Crippen LogP) is -5.94. The molecule has 0 saturated heterocycles. The van der Waals surface area contributed by atoms with E-state index in [1.807, 2.05) is 52.3 Å². The fourth-order valence-corrected chi connectivity index (χ4v) is 1.30. The fraction of sp³-hybridized carbons (Fsp3) is 0.500. The zero-order valence-electron chi connectivity index (χ0n) is 12.9. The van der Waals surface area contributed by atoms with E-state index in [9.17, 15) is 0 Å². The second-order valence-electron chi connectivity index (χ2n) is 4.74. The summed E-state index contributed by atoms with van der Waals surface area (Å²) in [5, 5.41) is 0. The van der Waals surface area contributed by atoms with Crippen LogP contribution < -0.4 is 37.2 Å². The molecule has 0 fully saturated rings. The minimum atomic E-state index is 0. The van der Waals surface area contributed by atoms with Gasteiger partial charge in [-0.05, 0) is 52.3 Å². The Bertz CT molecular complexity index is 399. The van der Waals surface area contributed by atoms with Gasteiger partial charge >= 0.3 is 40.8 Å². The molecule has 0 aliphatic rings. The van der Waals surface area contributed by atoms with Crippen molar-refractivity contribution in [3.05, 3.63) is 29.1 Å². The molecule has 0 saturated carbocycles.